The highest BCUT2D eigenvalue weighted by Gasteiger charge is 2.52. The number of aliphatic carboxylic acids is 1. The fourth-order valence-electron chi connectivity index (χ4n) is 2.88. The van der Waals surface area contributed by atoms with Gasteiger partial charge in [0.1, 0.15) is 11.4 Å². The monoisotopic (exact) mass is 435 g/mol. The van der Waals surface area contributed by atoms with Crippen LogP contribution in [0.1, 0.15) is 59.6 Å². The van der Waals surface area contributed by atoms with Crippen molar-refractivity contribution in [1.82, 2.24) is 5.32 Å². The van der Waals surface area contributed by atoms with Gasteiger partial charge >= 0.3 is 19.2 Å². The molecular formula is C22H31BFNO6. The fourth-order valence-corrected chi connectivity index (χ4v) is 2.88. The van der Waals surface area contributed by atoms with Gasteiger partial charge in [0.05, 0.1) is 17.6 Å². The summed E-state index contributed by atoms with van der Waals surface area (Å²) in [5.74, 6) is -1.72. The Hall–Kier alpha value is -2.39. The summed E-state index contributed by atoms with van der Waals surface area (Å²) in [5, 5.41) is 11.7. The van der Waals surface area contributed by atoms with E-state index in [9.17, 15) is 14.0 Å². The van der Waals surface area contributed by atoms with Crippen LogP contribution in [0.3, 0.4) is 0 Å². The molecule has 0 radical (unpaired) electrons. The number of hydrogen-bond acceptors (Lipinski definition) is 5. The molecule has 1 fully saturated rings. The second-order valence-corrected chi connectivity index (χ2v) is 9.58. The number of amides is 1. The number of hydrogen-bond donors (Lipinski definition) is 2. The van der Waals surface area contributed by atoms with Crippen LogP contribution >= 0.6 is 0 Å². The Morgan fingerprint density at radius 2 is 1.77 bits per heavy atom. The molecule has 0 aliphatic carbocycles. The first-order chi connectivity index (χ1) is 14.1. The number of rotatable bonds is 6. The van der Waals surface area contributed by atoms with Crippen molar-refractivity contribution in [2.24, 2.45) is 0 Å². The topological polar surface area (TPSA) is 94.1 Å². The molecule has 1 aliphatic heterocycles. The number of ether oxygens (including phenoxy) is 1. The molecule has 2 rings (SSSR count). The highest BCUT2D eigenvalue weighted by molar-refractivity contribution is 6.56. The van der Waals surface area contributed by atoms with Gasteiger partial charge in [0.25, 0.3) is 0 Å². The minimum absolute atomic E-state index is 0.0645. The summed E-state index contributed by atoms with van der Waals surface area (Å²) in [7, 11) is -0.757. The highest BCUT2D eigenvalue weighted by Crippen LogP contribution is 2.38. The maximum absolute atomic E-state index is 14.0. The van der Waals surface area contributed by atoms with Crippen LogP contribution in [0.25, 0.3) is 6.08 Å². The predicted molar refractivity (Wildman–Crippen MR) is 116 cm³/mol. The molecule has 1 heterocycles. The Morgan fingerprint density at radius 1 is 1.19 bits per heavy atom. The Bertz CT molecular complexity index is 859. The Labute approximate surface area is 183 Å². The molecule has 1 saturated heterocycles. The Morgan fingerprint density at radius 3 is 2.29 bits per heavy atom. The summed E-state index contributed by atoms with van der Waals surface area (Å²) in [6.45, 7) is 13.0. The summed E-state index contributed by atoms with van der Waals surface area (Å²) in [5.41, 5.74) is -0.638. The van der Waals surface area contributed by atoms with Crippen molar-refractivity contribution in [3.8, 4) is 0 Å². The first-order valence-corrected chi connectivity index (χ1v) is 10.1. The third-order valence-electron chi connectivity index (χ3n) is 5.16. The van der Waals surface area contributed by atoms with Crippen molar-refractivity contribution < 1.29 is 33.1 Å². The van der Waals surface area contributed by atoms with E-state index in [-0.39, 0.29) is 12.1 Å². The van der Waals surface area contributed by atoms with Gasteiger partial charge in [0.2, 0.25) is 0 Å². The van der Waals surface area contributed by atoms with E-state index >= 15 is 0 Å². The Balaban J connectivity index is 2.34. The number of halogens is 1. The van der Waals surface area contributed by atoms with Gasteiger partial charge in [-0.2, -0.15) is 0 Å². The molecule has 2 N–H and O–H groups in total. The first kappa shape index (κ1) is 24.9. The van der Waals surface area contributed by atoms with Crippen LogP contribution in [0, 0.1) is 5.82 Å². The van der Waals surface area contributed by atoms with E-state index in [0.29, 0.717) is 11.0 Å². The molecule has 0 unspecified atom stereocenters. The number of carbonyl (C=O) groups is 2. The van der Waals surface area contributed by atoms with E-state index in [4.69, 9.17) is 19.2 Å². The number of carbonyl (C=O) groups excluding carboxylic acids is 1. The summed E-state index contributed by atoms with van der Waals surface area (Å²) < 4.78 is 31.5. The standard InChI is InChI=1S/C22H31BFNO6/c1-20(2,3)29-19(28)25-13-16(23-30-21(4,5)22(6,7)31-23)11-14-8-9-17(24)15(10-14)12-18(26)27/h8-11H,12-13H2,1-7H3,(H,25,28)(H,26,27). The summed E-state index contributed by atoms with van der Waals surface area (Å²) in [6, 6.07) is 4.20. The van der Waals surface area contributed by atoms with Crippen LogP contribution in [0.4, 0.5) is 9.18 Å². The Kier molecular flexibility index (Phi) is 7.23. The van der Waals surface area contributed by atoms with Crippen molar-refractivity contribution in [2.75, 3.05) is 6.54 Å². The van der Waals surface area contributed by atoms with E-state index in [2.05, 4.69) is 5.32 Å². The summed E-state index contributed by atoms with van der Waals surface area (Å²) in [6.07, 6.45) is 0.667. The van der Waals surface area contributed by atoms with Crippen molar-refractivity contribution in [3.63, 3.8) is 0 Å². The van der Waals surface area contributed by atoms with Gasteiger partial charge in [-0.1, -0.05) is 12.1 Å². The third-order valence-corrected chi connectivity index (χ3v) is 5.16. The lowest BCUT2D eigenvalue weighted by Crippen LogP contribution is -2.41. The van der Waals surface area contributed by atoms with Gasteiger partial charge in [-0.25, -0.2) is 9.18 Å². The molecule has 0 bridgehead atoms. The normalized spacial score (nSPS) is 18.1. The lowest BCUT2D eigenvalue weighted by atomic mass is 9.77. The van der Waals surface area contributed by atoms with E-state index < -0.39 is 48.2 Å². The van der Waals surface area contributed by atoms with Gasteiger partial charge < -0.3 is 24.5 Å². The maximum atomic E-state index is 14.0. The van der Waals surface area contributed by atoms with Gasteiger partial charge in [-0.05, 0) is 77.2 Å². The number of carboxylic acids is 1. The van der Waals surface area contributed by atoms with Gasteiger partial charge in [-0.15, -0.1) is 0 Å². The quantitative estimate of drug-likeness (QED) is 0.657. The average Bonchev–Trinajstić information content (AvgIpc) is 2.80. The first-order valence-electron chi connectivity index (χ1n) is 10.1. The SMILES string of the molecule is CC(C)(C)OC(=O)NCC(=Cc1ccc(F)c(CC(=O)O)c1)B1OC(C)(C)C(C)(C)O1. The zero-order chi connectivity index (χ0) is 23.6. The molecule has 31 heavy (non-hydrogen) atoms. The third kappa shape index (κ3) is 6.80. The lowest BCUT2D eigenvalue weighted by Gasteiger charge is -2.32. The van der Waals surface area contributed by atoms with Crippen molar-refractivity contribution in [1.29, 1.82) is 0 Å². The van der Waals surface area contributed by atoms with Crippen LogP contribution in [-0.4, -0.2) is 47.6 Å². The highest BCUT2D eigenvalue weighted by atomic mass is 19.1. The number of benzene rings is 1. The van der Waals surface area contributed by atoms with E-state index in [0.717, 1.165) is 0 Å². The van der Waals surface area contributed by atoms with E-state index in [1.807, 2.05) is 27.7 Å². The largest absolute Gasteiger partial charge is 0.492 e. The van der Waals surface area contributed by atoms with Crippen LogP contribution in [0.15, 0.2) is 23.7 Å². The summed E-state index contributed by atoms with van der Waals surface area (Å²) >= 11 is 0. The zero-order valence-corrected chi connectivity index (χ0v) is 19.2. The van der Waals surface area contributed by atoms with Crippen LogP contribution in [0.2, 0.25) is 0 Å². The molecule has 1 aliphatic rings. The molecule has 7 nitrogen and oxygen atoms in total. The molecule has 0 saturated carbocycles. The van der Waals surface area contributed by atoms with Crippen LogP contribution in [0.5, 0.6) is 0 Å². The number of nitrogens with one attached hydrogen (secondary N) is 1. The van der Waals surface area contributed by atoms with Gasteiger partial charge in [-0.3, -0.25) is 4.79 Å². The van der Waals surface area contributed by atoms with Crippen LogP contribution < -0.4 is 5.32 Å². The maximum Gasteiger partial charge on any atom is 0.492 e. The second-order valence-electron chi connectivity index (χ2n) is 9.58. The average molecular weight is 435 g/mol. The second kappa shape index (κ2) is 9.00. The fraction of sp³-hybridized carbons (Fsp3) is 0.545. The van der Waals surface area contributed by atoms with Crippen LogP contribution in [-0.2, 0) is 25.3 Å². The van der Waals surface area contributed by atoms with Gasteiger partial charge in [0, 0.05) is 6.54 Å². The minimum atomic E-state index is -1.13. The molecule has 1 aromatic carbocycles. The number of carboxylic acid groups (broad SMARTS) is 1. The van der Waals surface area contributed by atoms with Gasteiger partial charge in [0.15, 0.2) is 0 Å². The molecule has 1 amide bonds. The molecule has 9 heteroatoms. The predicted octanol–water partition coefficient (Wildman–Crippen LogP) is 3.99. The van der Waals surface area contributed by atoms with E-state index in [1.165, 1.54) is 18.2 Å². The molecule has 0 aromatic heterocycles. The minimum Gasteiger partial charge on any atom is -0.481 e. The van der Waals surface area contributed by atoms with Crippen molar-refractivity contribution in [2.45, 2.75) is 71.7 Å². The molecule has 170 valence electrons. The number of alkyl carbamates (subject to hydrolysis) is 1. The lowest BCUT2D eigenvalue weighted by molar-refractivity contribution is -0.136. The van der Waals surface area contributed by atoms with E-state index in [1.54, 1.807) is 26.8 Å². The van der Waals surface area contributed by atoms with Crippen molar-refractivity contribution in [3.05, 3.63) is 40.6 Å². The summed E-state index contributed by atoms with van der Waals surface area (Å²) in [4.78, 5) is 23.2. The van der Waals surface area contributed by atoms with Crippen molar-refractivity contribution >= 4 is 25.3 Å². The molecule has 0 spiro atoms. The molecule has 0 atom stereocenters. The molecular weight excluding hydrogens is 404 g/mol. The molecule has 1 aromatic rings. The zero-order valence-electron chi connectivity index (χ0n) is 19.2. The smallest absolute Gasteiger partial charge is 0.481 e.